The van der Waals surface area contributed by atoms with Crippen LogP contribution in [-0.4, -0.2) is 36.0 Å². The van der Waals surface area contributed by atoms with Crippen molar-refractivity contribution in [2.24, 2.45) is 0 Å². The number of benzene rings is 1. The lowest BCUT2D eigenvalue weighted by Gasteiger charge is -2.38. The largest absolute Gasteiger partial charge is 0.598 e. The van der Waals surface area contributed by atoms with Gasteiger partial charge in [0, 0.05) is 28.9 Å². The van der Waals surface area contributed by atoms with Crippen molar-refractivity contribution in [2.75, 3.05) is 7.11 Å². The minimum absolute atomic E-state index is 0.293. The highest BCUT2D eigenvalue weighted by molar-refractivity contribution is 7.90. The third-order valence-electron chi connectivity index (χ3n) is 7.09. The molecule has 1 atom stereocenters. The molecule has 1 saturated carbocycles. The summed E-state index contributed by atoms with van der Waals surface area (Å²) in [7, 11) is 1.62. The fraction of sp³-hybridized carbons (Fsp3) is 0.464. The van der Waals surface area contributed by atoms with Crippen molar-refractivity contribution in [3.05, 3.63) is 45.5 Å². The second kappa shape index (κ2) is 10.6. The zero-order chi connectivity index (χ0) is 28.1. The van der Waals surface area contributed by atoms with E-state index in [-0.39, 0.29) is 10.3 Å². The SMILES string of the molecule is COc1cc(OCc2csc(C3(N[S+]([O-])C(C)(C)C)CCCCC3)n2)c2cc(-c3cn4nc(C)sc4n3)oc2c1. The maximum Gasteiger partial charge on any atom is 0.212 e. The summed E-state index contributed by atoms with van der Waals surface area (Å²) in [5.74, 6) is 1.92. The number of imidazole rings is 1. The van der Waals surface area contributed by atoms with Crippen molar-refractivity contribution in [3.8, 4) is 23.0 Å². The Morgan fingerprint density at radius 2 is 1.98 bits per heavy atom. The van der Waals surface area contributed by atoms with Gasteiger partial charge in [0.2, 0.25) is 4.96 Å². The van der Waals surface area contributed by atoms with Crippen LogP contribution in [0.1, 0.15) is 68.6 Å². The van der Waals surface area contributed by atoms with Crippen LogP contribution >= 0.6 is 22.7 Å². The second-order valence-electron chi connectivity index (χ2n) is 11.2. The van der Waals surface area contributed by atoms with Crippen LogP contribution in [0, 0.1) is 6.92 Å². The van der Waals surface area contributed by atoms with Crippen molar-refractivity contribution >= 4 is 50.0 Å². The lowest BCUT2D eigenvalue weighted by Crippen LogP contribution is -2.52. The highest BCUT2D eigenvalue weighted by atomic mass is 32.2. The quantitative estimate of drug-likeness (QED) is 0.195. The number of ether oxygens (including phenoxy) is 2. The fourth-order valence-corrected chi connectivity index (χ4v) is 7.72. The summed E-state index contributed by atoms with van der Waals surface area (Å²) in [6.07, 6.45) is 7.10. The smallest absolute Gasteiger partial charge is 0.212 e. The van der Waals surface area contributed by atoms with E-state index in [1.807, 2.05) is 57.5 Å². The Bertz CT molecular complexity index is 1610. The number of fused-ring (bicyclic) bond motifs is 2. The van der Waals surface area contributed by atoms with Crippen LogP contribution in [0.2, 0.25) is 0 Å². The summed E-state index contributed by atoms with van der Waals surface area (Å²) in [6, 6.07) is 5.65. The number of aryl methyl sites for hydroxylation is 1. The van der Waals surface area contributed by atoms with Crippen LogP contribution < -0.4 is 14.2 Å². The van der Waals surface area contributed by atoms with Crippen molar-refractivity contribution in [1.82, 2.24) is 24.3 Å². The van der Waals surface area contributed by atoms with Gasteiger partial charge < -0.3 is 18.4 Å². The molecule has 1 aromatic carbocycles. The Hall–Kier alpha value is -2.64. The Kier molecular flexibility index (Phi) is 7.32. The summed E-state index contributed by atoms with van der Waals surface area (Å²) in [6.45, 7) is 8.24. The van der Waals surface area contributed by atoms with Crippen molar-refractivity contribution < 1.29 is 18.4 Å². The third kappa shape index (κ3) is 5.35. The predicted octanol–water partition coefficient (Wildman–Crippen LogP) is 6.77. The maximum atomic E-state index is 13.1. The molecule has 4 heterocycles. The molecule has 1 unspecified atom stereocenters. The molecule has 212 valence electrons. The van der Waals surface area contributed by atoms with E-state index in [0.717, 1.165) is 51.7 Å². The molecule has 0 spiro atoms. The Morgan fingerprint density at radius 1 is 1.18 bits per heavy atom. The van der Waals surface area contributed by atoms with E-state index in [9.17, 15) is 4.55 Å². The summed E-state index contributed by atoms with van der Waals surface area (Å²) in [4.78, 5) is 10.5. The molecule has 40 heavy (non-hydrogen) atoms. The molecule has 6 rings (SSSR count). The minimum atomic E-state index is -1.18. The third-order valence-corrected chi connectivity index (χ3v) is 10.7. The van der Waals surface area contributed by atoms with Gasteiger partial charge in [0.05, 0.1) is 24.4 Å². The number of hydrogen-bond donors (Lipinski definition) is 1. The Labute approximate surface area is 244 Å². The second-order valence-corrected chi connectivity index (χ2v) is 15.2. The zero-order valence-electron chi connectivity index (χ0n) is 23.3. The molecule has 0 bridgehead atoms. The van der Waals surface area contributed by atoms with E-state index in [0.29, 0.717) is 35.1 Å². The van der Waals surface area contributed by atoms with Gasteiger partial charge in [-0.05, 0) is 46.6 Å². The van der Waals surface area contributed by atoms with E-state index in [2.05, 4.69) is 14.8 Å². The molecule has 9 nitrogen and oxygen atoms in total. The Balaban J connectivity index is 1.25. The minimum Gasteiger partial charge on any atom is -0.598 e. The summed E-state index contributed by atoms with van der Waals surface area (Å²) in [5.41, 5.74) is 1.83. The lowest BCUT2D eigenvalue weighted by atomic mass is 9.83. The number of methoxy groups -OCH3 is 1. The van der Waals surface area contributed by atoms with E-state index in [1.54, 1.807) is 23.0 Å². The van der Waals surface area contributed by atoms with Gasteiger partial charge in [-0.25, -0.2) is 14.5 Å². The van der Waals surface area contributed by atoms with E-state index < -0.39 is 11.4 Å². The standard InChI is InChI=1S/C28H33N5O4S3/c1-17-31-33-14-21(30-26(33)39-17)24-13-20-22(11-19(35-5)12-23(20)37-24)36-15-18-16-38-25(29-18)28(9-7-6-8-10-28)32-40(34)27(2,3)4/h11-14,16,32H,6-10,15H2,1-5H3. The normalized spacial score (nSPS) is 16.6. The number of hydrogen-bond acceptors (Lipinski definition) is 10. The summed E-state index contributed by atoms with van der Waals surface area (Å²) < 4.78 is 36.0. The molecule has 0 saturated heterocycles. The van der Waals surface area contributed by atoms with Crippen LogP contribution in [-0.2, 0) is 23.5 Å². The molecule has 1 fully saturated rings. The van der Waals surface area contributed by atoms with Crippen molar-refractivity contribution in [2.45, 2.75) is 76.7 Å². The number of rotatable bonds is 8. The lowest BCUT2D eigenvalue weighted by molar-refractivity contribution is 0.267. The van der Waals surface area contributed by atoms with Crippen LogP contribution in [0.5, 0.6) is 11.5 Å². The monoisotopic (exact) mass is 599 g/mol. The number of nitrogens with one attached hydrogen (secondary N) is 1. The zero-order valence-corrected chi connectivity index (χ0v) is 25.7. The van der Waals surface area contributed by atoms with Gasteiger partial charge in [0.15, 0.2) is 5.76 Å². The molecular formula is C28H33N5O4S3. The highest BCUT2D eigenvalue weighted by Crippen LogP contribution is 2.41. The molecule has 1 aliphatic carbocycles. The maximum absolute atomic E-state index is 13.1. The predicted molar refractivity (Wildman–Crippen MR) is 160 cm³/mol. The molecule has 0 radical (unpaired) electrons. The van der Waals surface area contributed by atoms with Crippen LogP contribution in [0.25, 0.3) is 27.4 Å². The van der Waals surface area contributed by atoms with Gasteiger partial charge in [-0.1, -0.05) is 30.6 Å². The number of aromatic nitrogens is 4. The first-order valence-electron chi connectivity index (χ1n) is 13.4. The molecule has 12 heteroatoms. The average Bonchev–Trinajstić information content (AvgIpc) is 3.70. The van der Waals surface area contributed by atoms with Gasteiger partial charge in [-0.3, -0.25) is 0 Å². The van der Waals surface area contributed by atoms with Gasteiger partial charge >= 0.3 is 0 Å². The van der Waals surface area contributed by atoms with Crippen LogP contribution in [0.3, 0.4) is 0 Å². The molecule has 1 aliphatic rings. The van der Waals surface area contributed by atoms with E-state index >= 15 is 0 Å². The number of nitrogens with zero attached hydrogens (tertiary/aromatic N) is 4. The fourth-order valence-electron chi connectivity index (χ4n) is 4.95. The van der Waals surface area contributed by atoms with Gasteiger partial charge in [0.25, 0.3) is 0 Å². The summed E-state index contributed by atoms with van der Waals surface area (Å²) >= 11 is 1.96. The molecule has 4 aromatic heterocycles. The van der Waals surface area contributed by atoms with Crippen molar-refractivity contribution in [1.29, 1.82) is 0 Å². The van der Waals surface area contributed by atoms with Crippen LogP contribution in [0.4, 0.5) is 0 Å². The first-order valence-corrected chi connectivity index (χ1v) is 16.2. The van der Waals surface area contributed by atoms with Gasteiger partial charge in [-0.2, -0.15) is 5.10 Å². The first kappa shape index (κ1) is 27.5. The van der Waals surface area contributed by atoms with Crippen molar-refractivity contribution in [3.63, 3.8) is 0 Å². The number of furan rings is 1. The molecular weight excluding hydrogens is 567 g/mol. The molecule has 0 aliphatic heterocycles. The first-order chi connectivity index (χ1) is 19.1. The topological polar surface area (TPSA) is 110 Å². The molecule has 5 aromatic rings. The van der Waals surface area contributed by atoms with E-state index in [1.165, 1.54) is 17.8 Å². The van der Waals surface area contributed by atoms with Gasteiger partial charge in [-0.15, -0.1) is 16.1 Å². The average molecular weight is 600 g/mol. The number of thiazole rings is 1. The van der Waals surface area contributed by atoms with Crippen LogP contribution in [0.15, 0.2) is 34.2 Å². The Morgan fingerprint density at radius 3 is 2.70 bits per heavy atom. The molecule has 1 N–H and O–H groups in total. The highest BCUT2D eigenvalue weighted by Gasteiger charge is 2.43. The summed E-state index contributed by atoms with van der Waals surface area (Å²) in [5, 5.41) is 9.25. The van der Waals surface area contributed by atoms with E-state index in [4.69, 9.17) is 18.9 Å². The molecule has 0 amide bonds. The van der Waals surface area contributed by atoms with Gasteiger partial charge in [0.1, 0.15) is 49.7 Å².